The molecule has 1 aromatic rings. The van der Waals surface area contributed by atoms with Crippen LogP contribution in [0.2, 0.25) is 0 Å². The number of aromatic nitrogens is 1. The second-order valence-electron chi connectivity index (χ2n) is 9.05. The van der Waals surface area contributed by atoms with Crippen molar-refractivity contribution in [3.05, 3.63) is 12.3 Å². The molecule has 2 aliphatic heterocycles. The van der Waals surface area contributed by atoms with Crippen LogP contribution in [0.3, 0.4) is 0 Å². The first kappa shape index (κ1) is 21.4. The van der Waals surface area contributed by atoms with Gasteiger partial charge in [0, 0.05) is 57.9 Å². The molecule has 3 aliphatic rings. The van der Waals surface area contributed by atoms with Crippen LogP contribution in [0.15, 0.2) is 17.2 Å². The molecule has 8 nitrogen and oxygen atoms in total. The number of nitrogens with one attached hydrogen (secondary N) is 1. The normalized spacial score (nSPS) is 27.3. The van der Waals surface area contributed by atoms with E-state index in [4.69, 9.17) is 0 Å². The summed E-state index contributed by atoms with van der Waals surface area (Å²) in [6.07, 6.45) is 6.48. The summed E-state index contributed by atoms with van der Waals surface area (Å²) < 4.78 is 28.8. The molecule has 1 atom stereocenters. The number of fused-ring (bicyclic) bond motifs is 1. The van der Waals surface area contributed by atoms with E-state index in [-0.39, 0.29) is 22.8 Å². The fourth-order valence-corrected chi connectivity index (χ4v) is 6.19. The number of hydrogen-bond acceptors (Lipinski definition) is 6. The lowest BCUT2D eigenvalue weighted by molar-refractivity contribution is -0.137. The van der Waals surface area contributed by atoms with E-state index in [0.29, 0.717) is 18.9 Å². The Bertz CT molecular complexity index is 898. The van der Waals surface area contributed by atoms with Crippen molar-refractivity contribution in [1.82, 2.24) is 14.6 Å². The van der Waals surface area contributed by atoms with E-state index < -0.39 is 10.0 Å². The van der Waals surface area contributed by atoms with Gasteiger partial charge >= 0.3 is 0 Å². The first-order valence-electron chi connectivity index (χ1n) is 11.0. The Morgan fingerprint density at radius 3 is 2.43 bits per heavy atom. The molecule has 1 unspecified atom stereocenters. The first-order valence-corrected chi connectivity index (χ1v) is 12.5. The maximum atomic E-state index is 13.0. The number of sulfonamides is 1. The maximum Gasteiger partial charge on any atom is 0.242 e. The maximum absolute atomic E-state index is 13.0. The van der Waals surface area contributed by atoms with Crippen molar-refractivity contribution in [2.24, 2.45) is 5.92 Å². The molecule has 0 radical (unpaired) electrons. The smallest absolute Gasteiger partial charge is 0.242 e. The molecule has 4 rings (SSSR count). The van der Waals surface area contributed by atoms with Gasteiger partial charge in [-0.3, -0.25) is 4.79 Å². The highest BCUT2D eigenvalue weighted by Gasteiger charge is 2.34. The number of nitrogens with zero attached hydrogens (tertiary/aromatic N) is 4. The van der Waals surface area contributed by atoms with E-state index in [0.717, 1.165) is 56.8 Å². The molecule has 1 amide bonds. The molecule has 166 valence electrons. The molecule has 1 saturated heterocycles. The molecule has 1 aliphatic carbocycles. The summed E-state index contributed by atoms with van der Waals surface area (Å²) in [6.45, 7) is 4.67. The van der Waals surface area contributed by atoms with Crippen molar-refractivity contribution in [2.45, 2.75) is 62.4 Å². The number of likely N-dealkylation sites (N-methyl/N-ethyl adjacent to an activating group) is 2. The fourth-order valence-electron chi connectivity index (χ4n) is 4.92. The van der Waals surface area contributed by atoms with Gasteiger partial charge in [-0.05, 0) is 51.5 Å². The van der Waals surface area contributed by atoms with Gasteiger partial charge in [0.05, 0.1) is 5.69 Å². The zero-order chi connectivity index (χ0) is 21.5. The van der Waals surface area contributed by atoms with Crippen LogP contribution >= 0.6 is 0 Å². The monoisotopic (exact) mass is 435 g/mol. The minimum absolute atomic E-state index is 0.0286. The highest BCUT2D eigenvalue weighted by Crippen LogP contribution is 2.32. The molecule has 9 heteroatoms. The van der Waals surface area contributed by atoms with Gasteiger partial charge in [-0.1, -0.05) is 0 Å². The minimum atomic E-state index is -3.65. The van der Waals surface area contributed by atoms with Gasteiger partial charge in [0.1, 0.15) is 4.90 Å². The number of pyridine rings is 1. The largest absolute Gasteiger partial charge is 0.370 e. The minimum Gasteiger partial charge on any atom is -0.370 e. The van der Waals surface area contributed by atoms with Gasteiger partial charge in [0.2, 0.25) is 15.9 Å². The third-order valence-corrected chi connectivity index (χ3v) is 8.40. The standard InChI is InChI=1S/C21H33N5O3S/c1-15-5-4-10-26(15)21(27)16-6-8-17(9-7-16)23-30(28,29)18-13-19-20(22-14-18)25(3)12-11-24(19)2/h13-17,23H,4-12H2,1-3H3. The lowest BCUT2D eigenvalue weighted by Crippen LogP contribution is -2.43. The zero-order valence-corrected chi connectivity index (χ0v) is 19.0. The summed E-state index contributed by atoms with van der Waals surface area (Å²) >= 11 is 0. The molecule has 2 fully saturated rings. The Kier molecular flexibility index (Phi) is 5.94. The van der Waals surface area contributed by atoms with E-state index in [9.17, 15) is 13.2 Å². The van der Waals surface area contributed by atoms with Crippen LogP contribution in [0, 0.1) is 5.92 Å². The van der Waals surface area contributed by atoms with Crippen molar-refractivity contribution in [3.63, 3.8) is 0 Å². The molecule has 0 spiro atoms. The predicted octanol–water partition coefficient (Wildman–Crippen LogP) is 1.82. The van der Waals surface area contributed by atoms with Crippen LogP contribution in [0.4, 0.5) is 11.5 Å². The van der Waals surface area contributed by atoms with Gasteiger partial charge in [0.25, 0.3) is 0 Å². The summed E-state index contributed by atoms with van der Waals surface area (Å²) in [5.74, 6) is 1.09. The predicted molar refractivity (Wildman–Crippen MR) is 117 cm³/mol. The Hall–Kier alpha value is -1.87. The zero-order valence-electron chi connectivity index (χ0n) is 18.2. The van der Waals surface area contributed by atoms with E-state index in [2.05, 4.69) is 16.6 Å². The average molecular weight is 436 g/mol. The number of rotatable bonds is 4. The van der Waals surface area contributed by atoms with E-state index in [1.807, 2.05) is 28.8 Å². The number of amides is 1. The molecule has 0 bridgehead atoms. The van der Waals surface area contributed by atoms with Gasteiger partial charge in [0.15, 0.2) is 5.82 Å². The molecule has 1 N–H and O–H groups in total. The molecular weight excluding hydrogens is 402 g/mol. The van der Waals surface area contributed by atoms with Gasteiger partial charge in [-0.2, -0.15) is 0 Å². The van der Waals surface area contributed by atoms with Crippen LogP contribution in [-0.2, 0) is 14.8 Å². The lowest BCUT2D eigenvalue weighted by atomic mass is 9.85. The molecule has 1 aromatic heterocycles. The Morgan fingerprint density at radius 2 is 1.77 bits per heavy atom. The van der Waals surface area contributed by atoms with Gasteiger partial charge in [-0.25, -0.2) is 18.1 Å². The van der Waals surface area contributed by atoms with Crippen molar-refractivity contribution < 1.29 is 13.2 Å². The number of hydrogen-bond donors (Lipinski definition) is 1. The number of carbonyl (C=O) groups is 1. The Morgan fingerprint density at radius 1 is 1.07 bits per heavy atom. The third-order valence-electron chi connectivity index (χ3n) is 6.91. The second kappa shape index (κ2) is 8.34. The first-order chi connectivity index (χ1) is 14.3. The number of anilines is 2. The molecule has 3 heterocycles. The highest BCUT2D eigenvalue weighted by molar-refractivity contribution is 7.89. The quantitative estimate of drug-likeness (QED) is 0.776. The van der Waals surface area contributed by atoms with E-state index in [1.54, 1.807) is 6.07 Å². The highest BCUT2D eigenvalue weighted by atomic mass is 32.2. The lowest BCUT2D eigenvalue weighted by Gasteiger charge is -2.34. The molecular formula is C21H33N5O3S. The van der Waals surface area contributed by atoms with Crippen LogP contribution in [0.1, 0.15) is 45.4 Å². The summed E-state index contributed by atoms with van der Waals surface area (Å²) in [7, 11) is 0.272. The van der Waals surface area contributed by atoms with Gasteiger partial charge in [-0.15, -0.1) is 0 Å². The van der Waals surface area contributed by atoms with Crippen molar-refractivity contribution in [1.29, 1.82) is 0 Å². The van der Waals surface area contributed by atoms with Crippen LogP contribution < -0.4 is 14.5 Å². The summed E-state index contributed by atoms with van der Waals surface area (Å²) in [5, 5.41) is 0. The topological polar surface area (TPSA) is 85.8 Å². The Balaban J connectivity index is 1.39. The molecule has 1 saturated carbocycles. The average Bonchev–Trinajstić information content (AvgIpc) is 3.16. The van der Waals surface area contributed by atoms with Crippen LogP contribution in [-0.4, -0.2) is 70.0 Å². The van der Waals surface area contributed by atoms with Gasteiger partial charge < -0.3 is 14.7 Å². The fraction of sp³-hybridized carbons (Fsp3) is 0.714. The summed E-state index contributed by atoms with van der Waals surface area (Å²) in [5.41, 5.74) is 0.834. The van der Waals surface area contributed by atoms with Crippen molar-refractivity contribution in [2.75, 3.05) is 43.5 Å². The number of carbonyl (C=O) groups excluding carboxylic acids is 1. The Labute approximate surface area is 179 Å². The van der Waals surface area contributed by atoms with Crippen molar-refractivity contribution in [3.8, 4) is 0 Å². The summed E-state index contributed by atoms with van der Waals surface area (Å²) in [4.78, 5) is 23.5. The third kappa shape index (κ3) is 4.14. The number of likely N-dealkylation sites (tertiary alicyclic amines) is 1. The molecule has 30 heavy (non-hydrogen) atoms. The van der Waals surface area contributed by atoms with E-state index >= 15 is 0 Å². The van der Waals surface area contributed by atoms with Crippen LogP contribution in [0.25, 0.3) is 0 Å². The van der Waals surface area contributed by atoms with Crippen LogP contribution in [0.5, 0.6) is 0 Å². The second-order valence-corrected chi connectivity index (χ2v) is 10.8. The van der Waals surface area contributed by atoms with Crippen molar-refractivity contribution >= 4 is 27.4 Å². The van der Waals surface area contributed by atoms with E-state index in [1.165, 1.54) is 6.20 Å². The summed E-state index contributed by atoms with van der Waals surface area (Å²) in [6, 6.07) is 1.92. The molecule has 0 aromatic carbocycles. The SMILES string of the molecule is CC1CCCN1C(=O)C1CCC(NS(=O)(=O)c2cnc3c(c2)N(C)CCN3C)CC1.